The number of hydrogen-bond donors (Lipinski definition) is 1. The minimum atomic E-state index is -1.53. The SMILES string of the molecule is OC(c1ccccc1)(c1ccccc1)c1cc(N(c2ccc(-c3ccccc3)cc2)c2c(-c3ccccc3)cccc2-c2ccccc2)cc(-n2c3ccccc3c3ccccc32)c1. The first-order valence-electron chi connectivity index (χ1n) is 21.8. The Morgan fingerprint density at radius 2 is 0.750 bits per heavy atom. The van der Waals surface area contributed by atoms with Gasteiger partial charge in [-0.2, -0.15) is 0 Å². The molecule has 0 aliphatic rings. The van der Waals surface area contributed by atoms with E-state index in [1.165, 1.54) is 10.8 Å². The van der Waals surface area contributed by atoms with Crippen molar-refractivity contribution in [1.82, 2.24) is 4.57 Å². The van der Waals surface area contributed by atoms with E-state index < -0.39 is 5.60 Å². The largest absolute Gasteiger partial charge is 0.376 e. The highest BCUT2D eigenvalue weighted by molar-refractivity contribution is 6.09. The Bertz CT molecular complexity index is 3210. The Labute approximate surface area is 374 Å². The van der Waals surface area contributed by atoms with Gasteiger partial charge in [-0.15, -0.1) is 0 Å². The van der Waals surface area contributed by atoms with E-state index in [0.717, 1.165) is 83.9 Å². The minimum absolute atomic E-state index is 0.739. The molecule has 0 unspecified atom stereocenters. The van der Waals surface area contributed by atoms with Crippen molar-refractivity contribution in [2.24, 2.45) is 0 Å². The van der Waals surface area contributed by atoms with E-state index in [0.29, 0.717) is 0 Å². The topological polar surface area (TPSA) is 28.4 Å². The van der Waals surface area contributed by atoms with Crippen molar-refractivity contribution in [2.45, 2.75) is 5.60 Å². The van der Waals surface area contributed by atoms with Crippen molar-refractivity contribution in [3.63, 3.8) is 0 Å². The molecule has 11 rings (SSSR count). The first kappa shape index (κ1) is 38.7. The molecular formula is C61H44N2O. The number of para-hydroxylation sites is 3. The summed E-state index contributed by atoms with van der Waals surface area (Å²) < 4.78 is 2.35. The molecule has 0 aliphatic heterocycles. The number of aromatic nitrogens is 1. The Hall–Kier alpha value is -8.24. The highest BCUT2D eigenvalue weighted by atomic mass is 16.3. The van der Waals surface area contributed by atoms with Gasteiger partial charge in [0.05, 0.1) is 16.7 Å². The summed E-state index contributed by atoms with van der Waals surface area (Å²) in [5.74, 6) is 0. The maximum Gasteiger partial charge on any atom is 0.140 e. The average Bonchev–Trinajstić information content (AvgIpc) is 3.72. The minimum Gasteiger partial charge on any atom is -0.376 e. The molecule has 0 bridgehead atoms. The number of nitrogens with zero attached hydrogens (tertiary/aromatic N) is 2. The lowest BCUT2D eigenvalue weighted by atomic mass is 9.80. The van der Waals surface area contributed by atoms with Crippen LogP contribution in [-0.4, -0.2) is 9.67 Å². The number of fused-ring (bicyclic) bond motifs is 3. The molecule has 0 saturated carbocycles. The highest BCUT2D eigenvalue weighted by Gasteiger charge is 2.36. The van der Waals surface area contributed by atoms with Gasteiger partial charge in [0.2, 0.25) is 0 Å². The molecule has 1 aromatic heterocycles. The van der Waals surface area contributed by atoms with Gasteiger partial charge in [-0.3, -0.25) is 0 Å². The van der Waals surface area contributed by atoms with Gasteiger partial charge in [-0.25, -0.2) is 0 Å². The van der Waals surface area contributed by atoms with Crippen LogP contribution in [0.2, 0.25) is 0 Å². The third-order valence-corrected chi connectivity index (χ3v) is 12.5. The van der Waals surface area contributed by atoms with Crippen LogP contribution in [0.25, 0.3) is 60.9 Å². The van der Waals surface area contributed by atoms with Crippen LogP contribution in [0.15, 0.2) is 261 Å². The summed E-state index contributed by atoms with van der Waals surface area (Å²) in [6.07, 6.45) is 0. The van der Waals surface area contributed by atoms with Crippen LogP contribution < -0.4 is 4.90 Å². The first-order chi connectivity index (χ1) is 31.6. The van der Waals surface area contributed by atoms with E-state index >= 15 is 0 Å². The summed E-state index contributed by atoms with van der Waals surface area (Å²) in [5.41, 5.74) is 13.4. The van der Waals surface area contributed by atoms with Crippen LogP contribution in [0.5, 0.6) is 0 Å². The third-order valence-electron chi connectivity index (χ3n) is 12.5. The van der Waals surface area contributed by atoms with Crippen LogP contribution in [0.4, 0.5) is 17.1 Å². The van der Waals surface area contributed by atoms with Crippen molar-refractivity contribution in [1.29, 1.82) is 0 Å². The standard InChI is InChI=1S/C61H44N2O/c64-61(48-27-12-4-13-28-48,49-29-14-5-15-30-49)50-41-52(43-53(42-50)63-58-35-18-16-31-56(58)57-32-17-19-36-59(57)63)62(51-39-37-45(38-40-51)44-21-6-1-7-22-44)60-54(46-23-8-2-9-24-46)33-20-34-55(60)47-25-10-3-11-26-47/h1-43,64H. The van der Waals surface area contributed by atoms with Gasteiger partial charge >= 0.3 is 0 Å². The number of aliphatic hydroxyl groups is 1. The summed E-state index contributed by atoms with van der Waals surface area (Å²) in [7, 11) is 0. The summed E-state index contributed by atoms with van der Waals surface area (Å²) in [4.78, 5) is 2.40. The molecule has 0 fully saturated rings. The fourth-order valence-corrected chi connectivity index (χ4v) is 9.45. The van der Waals surface area contributed by atoms with Crippen molar-refractivity contribution in [2.75, 3.05) is 4.90 Å². The first-order valence-corrected chi connectivity index (χ1v) is 21.8. The van der Waals surface area contributed by atoms with Gasteiger partial charge in [0.1, 0.15) is 5.60 Å². The van der Waals surface area contributed by atoms with E-state index in [1.54, 1.807) is 0 Å². The van der Waals surface area contributed by atoms with Crippen LogP contribution in [0.1, 0.15) is 16.7 Å². The summed E-state index contributed by atoms with van der Waals surface area (Å²) in [6.45, 7) is 0. The summed E-state index contributed by atoms with van der Waals surface area (Å²) in [6, 6.07) is 91.4. The third kappa shape index (κ3) is 6.85. The molecular weight excluding hydrogens is 777 g/mol. The molecule has 0 spiro atoms. The number of hydrogen-bond acceptors (Lipinski definition) is 2. The van der Waals surface area contributed by atoms with E-state index in [9.17, 15) is 5.11 Å². The summed E-state index contributed by atoms with van der Waals surface area (Å²) >= 11 is 0. The zero-order chi connectivity index (χ0) is 42.9. The fraction of sp³-hybridized carbons (Fsp3) is 0.0164. The predicted molar refractivity (Wildman–Crippen MR) is 267 cm³/mol. The smallest absolute Gasteiger partial charge is 0.140 e. The van der Waals surface area contributed by atoms with Gasteiger partial charge in [0.25, 0.3) is 0 Å². The zero-order valence-corrected chi connectivity index (χ0v) is 35.2. The van der Waals surface area contributed by atoms with Gasteiger partial charge in [-0.05, 0) is 81.4 Å². The van der Waals surface area contributed by atoms with Gasteiger partial charge in [-0.1, -0.05) is 218 Å². The fourth-order valence-electron chi connectivity index (χ4n) is 9.45. The monoisotopic (exact) mass is 820 g/mol. The molecule has 304 valence electrons. The van der Waals surface area contributed by atoms with Crippen molar-refractivity contribution >= 4 is 38.9 Å². The van der Waals surface area contributed by atoms with Crippen molar-refractivity contribution in [3.8, 4) is 39.1 Å². The molecule has 0 aliphatic carbocycles. The summed E-state index contributed by atoms with van der Waals surface area (Å²) in [5, 5.41) is 16.1. The predicted octanol–water partition coefficient (Wildman–Crippen LogP) is 15.5. The normalized spacial score (nSPS) is 11.5. The molecule has 0 atom stereocenters. The van der Waals surface area contributed by atoms with E-state index in [-0.39, 0.29) is 0 Å². The van der Waals surface area contributed by atoms with E-state index in [2.05, 4.69) is 210 Å². The van der Waals surface area contributed by atoms with Crippen LogP contribution in [0.3, 0.4) is 0 Å². The quantitative estimate of drug-likeness (QED) is 0.139. The van der Waals surface area contributed by atoms with Crippen molar-refractivity contribution in [3.05, 3.63) is 278 Å². The van der Waals surface area contributed by atoms with Gasteiger partial charge < -0.3 is 14.6 Å². The Kier molecular flexibility index (Phi) is 10.0. The lowest BCUT2D eigenvalue weighted by Gasteiger charge is -2.34. The Morgan fingerprint density at radius 1 is 0.328 bits per heavy atom. The molecule has 64 heavy (non-hydrogen) atoms. The number of benzene rings is 10. The molecule has 0 amide bonds. The highest BCUT2D eigenvalue weighted by Crippen LogP contribution is 2.49. The Morgan fingerprint density at radius 3 is 1.25 bits per heavy atom. The molecule has 1 heterocycles. The average molecular weight is 821 g/mol. The van der Waals surface area contributed by atoms with Crippen LogP contribution in [0, 0.1) is 0 Å². The van der Waals surface area contributed by atoms with Crippen LogP contribution >= 0.6 is 0 Å². The molecule has 1 N–H and O–H groups in total. The van der Waals surface area contributed by atoms with Crippen LogP contribution in [-0.2, 0) is 5.60 Å². The molecule has 0 saturated heterocycles. The van der Waals surface area contributed by atoms with Crippen molar-refractivity contribution < 1.29 is 5.11 Å². The Balaban J connectivity index is 1.28. The lowest BCUT2D eigenvalue weighted by molar-refractivity contribution is 0.126. The molecule has 11 aromatic rings. The second-order valence-corrected chi connectivity index (χ2v) is 16.2. The molecule has 0 radical (unpaired) electrons. The maximum atomic E-state index is 13.7. The van der Waals surface area contributed by atoms with E-state index in [1.807, 2.05) is 60.7 Å². The second kappa shape index (κ2) is 16.6. The molecule has 3 heteroatoms. The maximum absolute atomic E-state index is 13.7. The number of anilines is 3. The van der Waals surface area contributed by atoms with Gasteiger partial charge in [0, 0.05) is 39.0 Å². The lowest BCUT2D eigenvalue weighted by Crippen LogP contribution is -2.29. The number of rotatable bonds is 10. The van der Waals surface area contributed by atoms with Gasteiger partial charge in [0.15, 0.2) is 0 Å². The second-order valence-electron chi connectivity index (χ2n) is 16.2. The molecule has 3 nitrogen and oxygen atoms in total. The van der Waals surface area contributed by atoms with E-state index in [4.69, 9.17) is 0 Å². The zero-order valence-electron chi connectivity index (χ0n) is 35.2. The molecule has 10 aromatic carbocycles.